The molecule has 34 heavy (non-hydrogen) atoms. The summed E-state index contributed by atoms with van der Waals surface area (Å²) in [4.78, 5) is 63.8. The van der Waals surface area contributed by atoms with Crippen LogP contribution in [0.25, 0.3) is 0 Å². The molecule has 3 aromatic rings. The van der Waals surface area contributed by atoms with Crippen molar-refractivity contribution in [3.63, 3.8) is 0 Å². The van der Waals surface area contributed by atoms with E-state index in [1.165, 1.54) is 32.0 Å². The van der Waals surface area contributed by atoms with Gasteiger partial charge >= 0.3 is 0 Å². The lowest BCUT2D eigenvalue weighted by Crippen LogP contribution is -2.30. The van der Waals surface area contributed by atoms with Crippen molar-refractivity contribution in [2.45, 2.75) is 27.7 Å². The molecule has 0 fully saturated rings. The van der Waals surface area contributed by atoms with E-state index in [1.54, 1.807) is 6.07 Å². The second-order valence-corrected chi connectivity index (χ2v) is 8.11. The van der Waals surface area contributed by atoms with Crippen molar-refractivity contribution < 1.29 is 28.4 Å². The highest BCUT2D eigenvalue weighted by Crippen LogP contribution is 2.32. The van der Waals surface area contributed by atoms with Crippen LogP contribution in [0.5, 0.6) is 0 Å². The number of rotatable bonds is 5. The zero-order valence-electron chi connectivity index (χ0n) is 18.9. The fraction of sp³-hybridized carbons (Fsp3) is 0.160. The predicted molar refractivity (Wildman–Crippen MR) is 123 cm³/mol. The molecule has 172 valence electrons. The Hall–Kier alpha value is -4.53. The SMILES string of the molecule is CC(=O)c1c(C)oc(NC(=O)c2ccc3c(c2)C(=O)N(c2ccc(C)cc2C)C3=O)c1C(N)=O. The number of hydrogen-bond acceptors (Lipinski definition) is 6. The molecule has 0 saturated carbocycles. The number of fused-ring (bicyclic) bond motifs is 1. The van der Waals surface area contributed by atoms with Gasteiger partial charge in [-0.3, -0.25) is 29.3 Å². The van der Waals surface area contributed by atoms with Gasteiger partial charge in [0.05, 0.1) is 22.4 Å². The van der Waals surface area contributed by atoms with Crippen LogP contribution in [0.4, 0.5) is 11.6 Å². The summed E-state index contributed by atoms with van der Waals surface area (Å²) in [6.45, 7) is 6.44. The summed E-state index contributed by atoms with van der Waals surface area (Å²) in [6, 6.07) is 9.47. The molecule has 4 amide bonds. The number of benzene rings is 2. The minimum Gasteiger partial charge on any atom is -0.444 e. The largest absolute Gasteiger partial charge is 0.444 e. The molecule has 0 aliphatic carbocycles. The molecular weight excluding hydrogens is 438 g/mol. The van der Waals surface area contributed by atoms with Crippen molar-refractivity contribution in [3.8, 4) is 0 Å². The lowest BCUT2D eigenvalue weighted by Gasteiger charge is -2.16. The van der Waals surface area contributed by atoms with E-state index in [0.29, 0.717) is 5.69 Å². The molecule has 2 aromatic carbocycles. The van der Waals surface area contributed by atoms with Crippen LogP contribution in [-0.4, -0.2) is 29.4 Å². The number of nitrogens with two attached hydrogens (primary N) is 1. The first kappa shape index (κ1) is 22.7. The molecule has 9 heteroatoms. The van der Waals surface area contributed by atoms with Gasteiger partial charge in [0.1, 0.15) is 11.3 Å². The monoisotopic (exact) mass is 459 g/mol. The standard InChI is InChI=1S/C25H21N3O6/c1-11-5-8-18(12(2)9-11)28-24(32)16-7-6-15(10-17(16)25(28)33)22(31)27-23-20(21(26)30)19(13(3)29)14(4)34-23/h5-10H,1-4H3,(H2,26,30)(H,27,31). The molecule has 1 aliphatic rings. The quantitative estimate of drug-likeness (QED) is 0.442. The number of anilines is 2. The van der Waals surface area contributed by atoms with Crippen molar-refractivity contribution in [1.29, 1.82) is 0 Å². The maximum Gasteiger partial charge on any atom is 0.266 e. The fourth-order valence-electron chi connectivity index (χ4n) is 4.12. The molecule has 0 spiro atoms. The van der Waals surface area contributed by atoms with Crippen molar-refractivity contribution in [2.75, 3.05) is 10.2 Å². The molecule has 0 atom stereocenters. The first-order valence-corrected chi connectivity index (χ1v) is 10.4. The van der Waals surface area contributed by atoms with Crippen LogP contribution in [0.1, 0.15) is 75.6 Å². The number of imide groups is 1. The average molecular weight is 459 g/mol. The van der Waals surface area contributed by atoms with E-state index >= 15 is 0 Å². The van der Waals surface area contributed by atoms with E-state index in [-0.39, 0.29) is 39.5 Å². The van der Waals surface area contributed by atoms with Crippen LogP contribution < -0.4 is 16.0 Å². The van der Waals surface area contributed by atoms with Crippen LogP contribution in [0, 0.1) is 20.8 Å². The predicted octanol–water partition coefficient (Wildman–Crippen LogP) is 3.56. The molecule has 0 saturated heterocycles. The normalized spacial score (nSPS) is 12.6. The van der Waals surface area contributed by atoms with Crippen molar-refractivity contribution in [1.82, 2.24) is 0 Å². The minimum absolute atomic E-state index is 0.0124. The topological polar surface area (TPSA) is 140 Å². The third kappa shape index (κ3) is 3.57. The Balaban J connectivity index is 1.68. The summed E-state index contributed by atoms with van der Waals surface area (Å²) >= 11 is 0. The number of carbonyl (C=O) groups excluding carboxylic acids is 5. The molecule has 1 aromatic heterocycles. The second-order valence-electron chi connectivity index (χ2n) is 8.11. The lowest BCUT2D eigenvalue weighted by molar-refractivity contribution is 0.0923. The molecule has 9 nitrogen and oxygen atoms in total. The molecule has 0 bridgehead atoms. The summed E-state index contributed by atoms with van der Waals surface area (Å²) in [5.74, 6) is -3.25. The number of ketones is 1. The number of primary amides is 1. The van der Waals surface area contributed by atoms with Gasteiger partial charge in [-0.15, -0.1) is 0 Å². The molecule has 1 aliphatic heterocycles. The van der Waals surface area contributed by atoms with Gasteiger partial charge in [-0.2, -0.15) is 0 Å². The highest BCUT2D eigenvalue weighted by atomic mass is 16.4. The smallest absolute Gasteiger partial charge is 0.266 e. The van der Waals surface area contributed by atoms with E-state index in [9.17, 15) is 24.0 Å². The molecule has 0 unspecified atom stereocenters. The third-order valence-electron chi connectivity index (χ3n) is 5.65. The second kappa shape index (κ2) is 8.11. The van der Waals surface area contributed by atoms with Crippen molar-refractivity contribution in [2.24, 2.45) is 5.73 Å². The maximum absolute atomic E-state index is 13.1. The van der Waals surface area contributed by atoms with Crippen LogP contribution in [0.2, 0.25) is 0 Å². The van der Waals surface area contributed by atoms with Crippen LogP contribution in [0.3, 0.4) is 0 Å². The highest BCUT2D eigenvalue weighted by Gasteiger charge is 2.38. The summed E-state index contributed by atoms with van der Waals surface area (Å²) in [5, 5.41) is 2.43. The van der Waals surface area contributed by atoms with E-state index < -0.39 is 29.4 Å². The number of hydrogen-bond donors (Lipinski definition) is 2. The van der Waals surface area contributed by atoms with Crippen LogP contribution in [0.15, 0.2) is 40.8 Å². The number of nitrogens with zero attached hydrogens (tertiary/aromatic N) is 1. The Morgan fingerprint density at radius 2 is 1.59 bits per heavy atom. The Bertz CT molecular complexity index is 1430. The Morgan fingerprint density at radius 1 is 0.912 bits per heavy atom. The number of amides is 4. The Kier molecular flexibility index (Phi) is 5.40. The molecular formula is C25H21N3O6. The van der Waals surface area contributed by atoms with Crippen molar-refractivity contribution in [3.05, 3.63) is 81.1 Å². The maximum atomic E-state index is 13.1. The van der Waals surface area contributed by atoms with Gasteiger partial charge in [0.2, 0.25) is 5.88 Å². The number of aryl methyl sites for hydroxylation is 3. The van der Waals surface area contributed by atoms with Gasteiger partial charge in [0.25, 0.3) is 23.6 Å². The van der Waals surface area contributed by atoms with Gasteiger partial charge in [-0.25, -0.2) is 4.90 Å². The Labute approximate surface area is 194 Å². The van der Waals surface area contributed by atoms with Gasteiger partial charge in [-0.1, -0.05) is 17.7 Å². The van der Waals surface area contributed by atoms with Crippen molar-refractivity contribution >= 4 is 41.0 Å². The van der Waals surface area contributed by atoms with E-state index in [0.717, 1.165) is 16.0 Å². The van der Waals surface area contributed by atoms with E-state index in [1.807, 2.05) is 26.0 Å². The number of Topliss-reactive ketones (excluding diaryl/α,β-unsaturated/α-hetero) is 1. The fourth-order valence-corrected chi connectivity index (χ4v) is 4.12. The first-order valence-electron chi connectivity index (χ1n) is 10.4. The first-order chi connectivity index (χ1) is 16.0. The molecule has 4 rings (SSSR count). The van der Waals surface area contributed by atoms with Crippen LogP contribution in [-0.2, 0) is 0 Å². The third-order valence-corrected chi connectivity index (χ3v) is 5.65. The number of carbonyl (C=O) groups is 5. The highest BCUT2D eigenvalue weighted by molar-refractivity contribution is 6.35. The van der Waals surface area contributed by atoms with Gasteiger partial charge in [0.15, 0.2) is 5.78 Å². The van der Waals surface area contributed by atoms with Gasteiger partial charge in [0, 0.05) is 5.56 Å². The minimum atomic E-state index is -0.934. The van der Waals surface area contributed by atoms with E-state index in [2.05, 4.69) is 5.32 Å². The van der Waals surface area contributed by atoms with Crippen LogP contribution >= 0.6 is 0 Å². The van der Waals surface area contributed by atoms with E-state index in [4.69, 9.17) is 10.2 Å². The lowest BCUT2D eigenvalue weighted by atomic mass is 10.0. The van der Waals surface area contributed by atoms with Gasteiger partial charge in [-0.05, 0) is 57.5 Å². The average Bonchev–Trinajstić information content (AvgIpc) is 3.22. The number of nitrogens with one attached hydrogen (secondary N) is 1. The van der Waals surface area contributed by atoms with Gasteiger partial charge < -0.3 is 10.2 Å². The zero-order valence-corrected chi connectivity index (χ0v) is 18.9. The Morgan fingerprint density at radius 3 is 2.21 bits per heavy atom. The summed E-state index contributed by atoms with van der Waals surface area (Å²) in [7, 11) is 0. The molecule has 3 N–H and O–H groups in total. The summed E-state index contributed by atoms with van der Waals surface area (Å²) in [5.41, 5.74) is 7.68. The summed E-state index contributed by atoms with van der Waals surface area (Å²) < 4.78 is 5.41. The molecule has 0 radical (unpaired) electrons. The molecule has 2 heterocycles. The zero-order chi connectivity index (χ0) is 24.9. The summed E-state index contributed by atoms with van der Waals surface area (Å²) in [6.07, 6.45) is 0. The number of furan rings is 1.